The highest BCUT2D eigenvalue weighted by atomic mass is 35.5. The number of ether oxygens (including phenoxy) is 4. The summed E-state index contributed by atoms with van der Waals surface area (Å²) in [5, 5.41) is 2.33. The molecule has 0 aliphatic heterocycles. The van der Waals surface area contributed by atoms with Gasteiger partial charge in [0, 0.05) is 5.69 Å². The maximum atomic E-state index is 13.1. The average Bonchev–Trinajstić information content (AvgIpc) is 2.68. The third-order valence-corrected chi connectivity index (χ3v) is 3.93. The summed E-state index contributed by atoms with van der Waals surface area (Å²) in [5.41, 5.74) is 0.849. The molecule has 7 nitrogen and oxygen atoms in total. The molecule has 1 amide bonds. The molecule has 0 fully saturated rings. The van der Waals surface area contributed by atoms with Crippen LogP contribution in [0, 0.1) is 5.82 Å². The van der Waals surface area contributed by atoms with Crippen molar-refractivity contribution in [1.82, 2.24) is 0 Å². The number of amides is 1. The Hall–Kier alpha value is -3.00. The predicted molar refractivity (Wildman–Crippen MR) is 101 cm³/mol. The summed E-state index contributed by atoms with van der Waals surface area (Å²) in [4.78, 5) is 23.9. The van der Waals surface area contributed by atoms with Crippen LogP contribution in [0.3, 0.4) is 0 Å². The molecule has 1 N–H and O–H groups in total. The molecule has 0 unspecified atom stereocenters. The van der Waals surface area contributed by atoms with Crippen molar-refractivity contribution in [3.8, 4) is 17.2 Å². The molecular weight excluding hydrogens is 393 g/mol. The van der Waals surface area contributed by atoms with Gasteiger partial charge in [-0.2, -0.15) is 0 Å². The Bertz CT molecular complexity index is 848. The van der Waals surface area contributed by atoms with E-state index in [0.29, 0.717) is 22.8 Å². The van der Waals surface area contributed by atoms with Gasteiger partial charge in [-0.25, -0.2) is 4.39 Å². The lowest BCUT2D eigenvalue weighted by Crippen LogP contribution is -2.21. The average molecular weight is 412 g/mol. The van der Waals surface area contributed by atoms with E-state index in [0.717, 1.165) is 6.07 Å². The molecule has 0 aromatic heterocycles. The Labute approximate surface area is 166 Å². The standard InChI is InChI=1S/C19H19ClFNO6/c1-25-15-6-11(7-16(26-2)19(15)27-3)8-18(24)28-10-17(23)22-12-4-5-14(21)13(20)9-12/h4-7,9H,8,10H2,1-3H3,(H,22,23). The summed E-state index contributed by atoms with van der Waals surface area (Å²) >= 11 is 5.65. The number of anilines is 1. The molecule has 0 aliphatic rings. The van der Waals surface area contributed by atoms with Crippen LogP contribution in [0.25, 0.3) is 0 Å². The number of nitrogens with one attached hydrogen (secondary N) is 1. The number of methoxy groups -OCH3 is 3. The van der Waals surface area contributed by atoms with Gasteiger partial charge in [0.2, 0.25) is 5.75 Å². The second kappa shape index (κ2) is 9.80. The van der Waals surface area contributed by atoms with Crippen molar-refractivity contribution in [3.05, 3.63) is 46.7 Å². The summed E-state index contributed by atoms with van der Waals surface area (Å²) in [6, 6.07) is 6.95. The molecule has 0 radical (unpaired) electrons. The van der Waals surface area contributed by atoms with Gasteiger partial charge in [-0.15, -0.1) is 0 Å². The van der Waals surface area contributed by atoms with Crippen molar-refractivity contribution < 1.29 is 32.9 Å². The van der Waals surface area contributed by atoms with Crippen molar-refractivity contribution in [2.24, 2.45) is 0 Å². The predicted octanol–water partition coefficient (Wildman–Crippen LogP) is 3.23. The maximum Gasteiger partial charge on any atom is 0.310 e. The van der Waals surface area contributed by atoms with E-state index < -0.39 is 24.3 Å². The minimum Gasteiger partial charge on any atom is -0.493 e. The molecule has 0 saturated carbocycles. The highest BCUT2D eigenvalue weighted by molar-refractivity contribution is 6.31. The number of rotatable bonds is 8. The lowest BCUT2D eigenvalue weighted by molar-refractivity contribution is -0.146. The molecule has 0 aliphatic carbocycles. The molecule has 2 aromatic rings. The van der Waals surface area contributed by atoms with Gasteiger partial charge < -0.3 is 24.3 Å². The largest absolute Gasteiger partial charge is 0.493 e. The van der Waals surface area contributed by atoms with Gasteiger partial charge in [0.1, 0.15) is 5.82 Å². The fourth-order valence-electron chi connectivity index (χ4n) is 2.37. The van der Waals surface area contributed by atoms with Crippen LogP contribution in [0.5, 0.6) is 17.2 Å². The van der Waals surface area contributed by atoms with Gasteiger partial charge in [0.25, 0.3) is 5.91 Å². The molecular formula is C19H19ClFNO6. The summed E-state index contributed by atoms with van der Waals surface area (Å²) < 4.78 is 33.7. The lowest BCUT2D eigenvalue weighted by atomic mass is 10.1. The second-order valence-electron chi connectivity index (χ2n) is 5.55. The van der Waals surface area contributed by atoms with Crippen molar-refractivity contribution in [3.63, 3.8) is 0 Å². The molecule has 9 heteroatoms. The van der Waals surface area contributed by atoms with Gasteiger partial charge in [-0.1, -0.05) is 11.6 Å². The van der Waals surface area contributed by atoms with Crippen LogP contribution in [0.4, 0.5) is 10.1 Å². The van der Waals surface area contributed by atoms with Gasteiger partial charge in [0.05, 0.1) is 32.8 Å². The first-order valence-electron chi connectivity index (χ1n) is 8.07. The van der Waals surface area contributed by atoms with Crippen molar-refractivity contribution in [2.45, 2.75) is 6.42 Å². The fourth-order valence-corrected chi connectivity index (χ4v) is 2.55. The summed E-state index contributed by atoms with van der Waals surface area (Å²) in [6.07, 6.45) is -0.105. The summed E-state index contributed by atoms with van der Waals surface area (Å²) in [5.74, 6) is -0.607. The fraction of sp³-hybridized carbons (Fsp3) is 0.263. The minimum atomic E-state index is -0.624. The van der Waals surface area contributed by atoms with E-state index in [1.807, 2.05) is 0 Å². The van der Waals surface area contributed by atoms with Crippen LogP contribution in [-0.2, 0) is 20.7 Å². The Morgan fingerprint density at radius 1 is 1.04 bits per heavy atom. The number of carbonyl (C=O) groups is 2. The molecule has 0 spiro atoms. The van der Waals surface area contributed by atoms with Gasteiger partial charge in [-0.05, 0) is 35.9 Å². The quantitative estimate of drug-likeness (QED) is 0.671. The topological polar surface area (TPSA) is 83.1 Å². The van der Waals surface area contributed by atoms with E-state index in [-0.39, 0.29) is 17.1 Å². The number of hydrogen-bond acceptors (Lipinski definition) is 6. The normalized spacial score (nSPS) is 10.2. The zero-order valence-electron chi connectivity index (χ0n) is 15.5. The molecule has 2 rings (SSSR count). The SMILES string of the molecule is COc1cc(CC(=O)OCC(=O)Nc2ccc(F)c(Cl)c2)cc(OC)c1OC. The molecule has 28 heavy (non-hydrogen) atoms. The highest BCUT2D eigenvalue weighted by Gasteiger charge is 2.16. The van der Waals surface area contributed by atoms with Crippen LogP contribution in [0.2, 0.25) is 5.02 Å². The zero-order valence-corrected chi connectivity index (χ0v) is 16.3. The molecule has 0 bridgehead atoms. The maximum absolute atomic E-state index is 13.1. The first-order valence-corrected chi connectivity index (χ1v) is 8.45. The Kier molecular flexibility index (Phi) is 7.45. The van der Waals surface area contributed by atoms with E-state index in [1.54, 1.807) is 12.1 Å². The molecule has 0 saturated heterocycles. The highest BCUT2D eigenvalue weighted by Crippen LogP contribution is 2.38. The number of benzene rings is 2. The van der Waals surface area contributed by atoms with E-state index in [4.69, 9.17) is 30.5 Å². The Balaban J connectivity index is 1.94. The lowest BCUT2D eigenvalue weighted by Gasteiger charge is -2.14. The smallest absolute Gasteiger partial charge is 0.310 e. The van der Waals surface area contributed by atoms with E-state index in [2.05, 4.69) is 5.32 Å². The van der Waals surface area contributed by atoms with E-state index in [9.17, 15) is 14.0 Å². The van der Waals surface area contributed by atoms with Crippen LogP contribution in [0.1, 0.15) is 5.56 Å². The van der Waals surface area contributed by atoms with E-state index >= 15 is 0 Å². The zero-order chi connectivity index (χ0) is 20.7. The number of halogens is 2. The van der Waals surface area contributed by atoms with Crippen LogP contribution in [0.15, 0.2) is 30.3 Å². The van der Waals surface area contributed by atoms with Gasteiger partial charge in [0.15, 0.2) is 18.1 Å². The van der Waals surface area contributed by atoms with E-state index in [1.165, 1.54) is 33.5 Å². The Morgan fingerprint density at radius 3 is 2.21 bits per heavy atom. The third-order valence-electron chi connectivity index (χ3n) is 3.64. The van der Waals surface area contributed by atoms with Crippen LogP contribution >= 0.6 is 11.6 Å². The molecule has 0 heterocycles. The van der Waals surface area contributed by atoms with Crippen molar-refractivity contribution >= 4 is 29.2 Å². The first-order chi connectivity index (χ1) is 13.4. The number of carbonyl (C=O) groups excluding carboxylic acids is 2. The first kappa shape index (κ1) is 21.3. The monoisotopic (exact) mass is 411 g/mol. The van der Waals surface area contributed by atoms with Crippen molar-refractivity contribution in [2.75, 3.05) is 33.3 Å². The van der Waals surface area contributed by atoms with Crippen LogP contribution in [-0.4, -0.2) is 39.8 Å². The number of esters is 1. The number of hydrogen-bond donors (Lipinski definition) is 1. The molecule has 150 valence electrons. The molecule has 2 aromatic carbocycles. The van der Waals surface area contributed by atoms with Crippen LogP contribution < -0.4 is 19.5 Å². The minimum absolute atomic E-state index is 0.105. The molecule has 0 atom stereocenters. The van der Waals surface area contributed by atoms with Gasteiger partial charge in [-0.3, -0.25) is 9.59 Å². The van der Waals surface area contributed by atoms with Gasteiger partial charge >= 0.3 is 5.97 Å². The third kappa shape index (κ3) is 5.50. The second-order valence-corrected chi connectivity index (χ2v) is 5.96. The Morgan fingerprint density at radius 2 is 1.68 bits per heavy atom. The van der Waals surface area contributed by atoms with Crippen molar-refractivity contribution in [1.29, 1.82) is 0 Å². The summed E-state index contributed by atoms with van der Waals surface area (Å²) in [7, 11) is 4.40. The summed E-state index contributed by atoms with van der Waals surface area (Å²) in [6.45, 7) is -0.502.